The molecule has 2 N–H and O–H groups in total. The molecule has 1 aliphatic rings. The van der Waals surface area contributed by atoms with Crippen molar-refractivity contribution in [2.24, 2.45) is 5.73 Å². The molecule has 16 heavy (non-hydrogen) atoms. The lowest BCUT2D eigenvalue weighted by molar-refractivity contribution is 0.132. The van der Waals surface area contributed by atoms with Gasteiger partial charge in [0.25, 0.3) is 0 Å². The number of halogens is 3. The Kier molecular flexibility index (Phi) is 19.0. The maximum Gasteiger partial charge on any atom is 0.0110 e. The molecule has 0 saturated carbocycles. The Balaban J connectivity index is -0.000000563. The molecule has 0 unspecified atom stereocenters. The van der Waals surface area contributed by atoms with Gasteiger partial charge in [0.15, 0.2) is 0 Å². The molecule has 1 aliphatic heterocycles. The molecule has 0 radical (unpaired) electrons. The van der Waals surface area contributed by atoms with Crippen molar-refractivity contribution in [3.8, 4) is 0 Å². The molecule has 0 aliphatic carbocycles. The van der Waals surface area contributed by atoms with Crippen LogP contribution in [0.3, 0.4) is 0 Å². The van der Waals surface area contributed by atoms with Crippen molar-refractivity contribution in [2.75, 3.05) is 45.8 Å². The molecular weight excluding hydrogens is 268 g/mol. The summed E-state index contributed by atoms with van der Waals surface area (Å²) in [6, 6.07) is 0. The van der Waals surface area contributed by atoms with Crippen LogP contribution in [-0.2, 0) is 0 Å². The van der Waals surface area contributed by atoms with Crippen LogP contribution in [0.25, 0.3) is 0 Å². The van der Waals surface area contributed by atoms with Gasteiger partial charge in [-0.05, 0) is 32.5 Å². The molecule has 0 bridgehead atoms. The average molecular weight is 295 g/mol. The Bertz CT molecular complexity index is 130. The number of nitrogens with two attached hydrogens (primary N) is 1. The Morgan fingerprint density at radius 2 is 1.31 bits per heavy atom. The van der Waals surface area contributed by atoms with Crippen LogP contribution in [0.15, 0.2) is 0 Å². The summed E-state index contributed by atoms with van der Waals surface area (Å²) in [6.45, 7) is 10.5. The highest BCUT2D eigenvalue weighted by atomic mass is 35.5. The summed E-state index contributed by atoms with van der Waals surface area (Å²) >= 11 is 0. The number of rotatable bonds is 5. The maximum atomic E-state index is 5.48. The van der Waals surface area contributed by atoms with E-state index in [9.17, 15) is 0 Å². The van der Waals surface area contributed by atoms with Crippen LogP contribution < -0.4 is 5.73 Å². The van der Waals surface area contributed by atoms with Gasteiger partial charge in [0.1, 0.15) is 0 Å². The summed E-state index contributed by atoms with van der Waals surface area (Å²) in [5.74, 6) is 0. The number of piperazine rings is 1. The first-order valence-electron chi connectivity index (χ1n) is 5.51. The van der Waals surface area contributed by atoms with Gasteiger partial charge >= 0.3 is 0 Å². The second kappa shape index (κ2) is 13.8. The van der Waals surface area contributed by atoms with Crippen LogP contribution >= 0.6 is 37.2 Å². The zero-order valence-corrected chi connectivity index (χ0v) is 12.5. The van der Waals surface area contributed by atoms with Crippen molar-refractivity contribution in [1.82, 2.24) is 9.80 Å². The third-order valence-corrected chi connectivity index (χ3v) is 2.68. The Morgan fingerprint density at radius 1 is 0.875 bits per heavy atom. The van der Waals surface area contributed by atoms with Gasteiger partial charge in [0.05, 0.1) is 0 Å². The summed E-state index contributed by atoms with van der Waals surface area (Å²) in [6.07, 6.45) is 2.43. The molecule has 1 saturated heterocycles. The van der Waals surface area contributed by atoms with E-state index < -0.39 is 0 Å². The molecular formula is C10H26Cl3N3. The zero-order valence-electron chi connectivity index (χ0n) is 10.1. The van der Waals surface area contributed by atoms with Crippen molar-refractivity contribution in [2.45, 2.75) is 19.8 Å². The highest BCUT2D eigenvalue weighted by Crippen LogP contribution is 2.02. The van der Waals surface area contributed by atoms with E-state index in [1.165, 1.54) is 45.7 Å². The minimum atomic E-state index is 0. The minimum Gasteiger partial charge on any atom is -0.330 e. The van der Waals surface area contributed by atoms with Crippen LogP contribution in [0.5, 0.6) is 0 Å². The molecule has 6 heteroatoms. The van der Waals surface area contributed by atoms with Gasteiger partial charge in [-0.1, -0.05) is 6.92 Å². The lowest BCUT2D eigenvalue weighted by atomic mass is 10.3. The molecule has 0 amide bonds. The average Bonchev–Trinajstić information content (AvgIpc) is 2.17. The first kappa shape index (κ1) is 22.0. The van der Waals surface area contributed by atoms with E-state index in [-0.39, 0.29) is 37.2 Å². The maximum absolute atomic E-state index is 5.48. The lowest BCUT2D eigenvalue weighted by Crippen LogP contribution is -2.46. The second-order valence-corrected chi connectivity index (χ2v) is 3.83. The van der Waals surface area contributed by atoms with Gasteiger partial charge in [-0.3, -0.25) is 0 Å². The molecule has 3 nitrogen and oxygen atoms in total. The van der Waals surface area contributed by atoms with Crippen molar-refractivity contribution in [1.29, 1.82) is 0 Å². The van der Waals surface area contributed by atoms with Gasteiger partial charge in [-0.2, -0.15) is 0 Å². The highest BCUT2D eigenvalue weighted by molar-refractivity contribution is 5.86. The lowest BCUT2D eigenvalue weighted by Gasteiger charge is -2.34. The summed E-state index contributed by atoms with van der Waals surface area (Å²) in [7, 11) is 0. The van der Waals surface area contributed by atoms with Crippen LogP contribution in [0.4, 0.5) is 0 Å². The SMILES string of the molecule is CCCN1CCN(CCCN)CC1.Cl.Cl.Cl. The standard InChI is InChI=1S/C10H23N3.3ClH/c1-2-5-12-7-9-13(10-8-12)6-3-4-11;;;/h2-11H2,1H3;3*1H. The number of nitrogens with zero attached hydrogens (tertiary/aromatic N) is 2. The van der Waals surface area contributed by atoms with Crippen molar-refractivity contribution in [3.63, 3.8) is 0 Å². The molecule has 1 rings (SSSR count). The summed E-state index contributed by atoms with van der Waals surface area (Å²) < 4.78 is 0. The molecule has 0 aromatic heterocycles. The second-order valence-electron chi connectivity index (χ2n) is 3.83. The molecule has 1 fully saturated rings. The molecule has 0 aromatic carbocycles. The van der Waals surface area contributed by atoms with E-state index >= 15 is 0 Å². The highest BCUT2D eigenvalue weighted by Gasteiger charge is 2.14. The van der Waals surface area contributed by atoms with E-state index in [1.54, 1.807) is 0 Å². The van der Waals surface area contributed by atoms with E-state index in [0.717, 1.165) is 13.0 Å². The molecule has 1 heterocycles. The van der Waals surface area contributed by atoms with E-state index in [0.29, 0.717) is 0 Å². The number of hydrogen-bond donors (Lipinski definition) is 1. The van der Waals surface area contributed by atoms with Crippen LogP contribution in [0, 0.1) is 0 Å². The van der Waals surface area contributed by atoms with Crippen molar-refractivity contribution >= 4 is 37.2 Å². The smallest absolute Gasteiger partial charge is 0.0110 e. The first-order chi connectivity index (χ1) is 6.36. The van der Waals surface area contributed by atoms with Crippen molar-refractivity contribution in [3.05, 3.63) is 0 Å². The largest absolute Gasteiger partial charge is 0.330 e. The third-order valence-electron chi connectivity index (χ3n) is 2.68. The summed E-state index contributed by atoms with van der Waals surface area (Å²) in [4.78, 5) is 5.08. The van der Waals surface area contributed by atoms with Crippen LogP contribution in [0.2, 0.25) is 0 Å². The van der Waals surface area contributed by atoms with Gasteiger partial charge in [-0.25, -0.2) is 0 Å². The van der Waals surface area contributed by atoms with E-state index in [1.807, 2.05) is 0 Å². The zero-order chi connectivity index (χ0) is 9.52. The first-order valence-corrected chi connectivity index (χ1v) is 5.51. The summed E-state index contributed by atoms with van der Waals surface area (Å²) in [5.41, 5.74) is 5.48. The van der Waals surface area contributed by atoms with E-state index in [2.05, 4.69) is 16.7 Å². The minimum absolute atomic E-state index is 0. The van der Waals surface area contributed by atoms with Gasteiger partial charge in [0, 0.05) is 26.2 Å². The Labute approximate surface area is 118 Å². The Hall–Kier alpha value is 0.750. The molecule has 102 valence electrons. The predicted molar refractivity (Wildman–Crippen MR) is 78.6 cm³/mol. The Morgan fingerprint density at radius 3 is 1.69 bits per heavy atom. The molecule has 0 atom stereocenters. The van der Waals surface area contributed by atoms with Crippen molar-refractivity contribution < 1.29 is 0 Å². The van der Waals surface area contributed by atoms with Gasteiger partial charge in [0.2, 0.25) is 0 Å². The van der Waals surface area contributed by atoms with E-state index in [4.69, 9.17) is 5.73 Å². The monoisotopic (exact) mass is 293 g/mol. The predicted octanol–water partition coefficient (Wildman–Crippen LogP) is 1.63. The molecule has 0 aromatic rings. The fraction of sp³-hybridized carbons (Fsp3) is 1.00. The topological polar surface area (TPSA) is 32.5 Å². The van der Waals surface area contributed by atoms with Gasteiger partial charge < -0.3 is 15.5 Å². The van der Waals surface area contributed by atoms with Gasteiger partial charge in [-0.15, -0.1) is 37.2 Å². The van der Waals surface area contributed by atoms with Crippen LogP contribution in [0.1, 0.15) is 19.8 Å². The fourth-order valence-corrected chi connectivity index (χ4v) is 1.87. The van der Waals surface area contributed by atoms with Crippen LogP contribution in [-0.4, -0.2) is 55.6 Å². The quantitative estimate of drug-likeness (QED) is 0.836. The normalized spacial score (nSPS) is 16.9. The number of hydrogen-bond acceptors (Lipinski definition) is 3. The fourth-order valence-electron chi connectivity index (χ4n) is 1.87. The molecule has 0 spiro atoms. The third kappa shape index (κ3) is 8.85. The summed E-state index contributed by atoms with van der Waals surface area (Å²) in [5, 5.41) is 0.